The molecule has 0 fully saturated rings. The van der Waals surface area contributed by atoms with E-state index in [2.05, 4.69) is 10.4 Å². The van der Waals surface area contributed by atoms with Gasteiger partial charge in [0.05, 0.1) is 13.2 Å². The van der Waals surface area contributed by atoms with E-state index < -0.39 is 6.04 Å². The number of carbonyl (C=O) groups is 1. The van der Waals surface area contributed by atoms with Crippen molar-refractivity contribution < 1.29 is 9.53 Å². The molecule has 0 spiro atoms. The van der Waals surface area contributed by atoms with Gasteiger partial charge in [-0.15, -0.1) is 0 Å². The van der Waals surface area contributed by atoms with Crippen LogP contribution in [-0.4, -0.2) is 28.8 Å². The number of anilines is 1. The Morgan fingerprint density at radius 2 is 2.35 bits per heavy atom. The van der Waals surface area contributed by atoms with Crippen molar-refractivity contribution in [1.82, 2.24) is 9.78 Å². The second kappa shape index (κ2) is 5.67. The van der Waals surface area contributed by atoms with E-state index in [0.29, 0.717) is 11.7 Å². The first-order valence-electron chi connectivity index (χ1n) is 5.64. The largest absolute Gasteiger partial charge is 0.481 e. The van der Waals surface area contributed by atoms with E-state index in [0.717, 1.165) is 6.42 Å². The van der Waals surface area contributed by atoms with E-state index in [1.165, 1.54) is 0 Å². The highest BCUT2D eigenvalue weighted by Gasteiger charge is 2.20. The molecule has 0 saturated heterocycles. The standard InChI is InChI=1S/C11H20N4O2/c1-5-7(2)10(12)11(16)13-8-6-9(17-4)15(3)14-8/h6-7,10H,5,12H2,1-4H3,(H,13,14,16)/t7-,10-/m0/s1. The number of nitrogens with zero attached hydrogens (tertiary/aromatic N) is 2. The Kier molecular flexibility index (Phi) is 4.51. The van der Waals surface area contributed by atoms with Gasteiger partial charge in [0.25, 0.3) is 0 Å². The predicted molar refractivity (Wildman–Crippen MR) is 65.8 cm³/mol. The van der Waals surface area contributed by atoms with Crippen LogP contribution in [0.25, 0.3) is 0 Å². The quantitative estimate of drug-likeness (QED) is 0.795. The number of hydrogen-bond donors (Lipinski definition) is 2. The Balaban J connectivity index is 2.67. The van der Waals surface area contributed by atoms with Crippen LogP contribution in [0.3, 0.4) is 0 Å². The van der Waals surface area contributed by atoms with E-state index in [4.69, 9.17) is 10.5 Å². The molecule has 0 aliphatic rings. The van der Waals surface area contributed by atoms with Crippen molar-refractivity contribution in [2.75, 3.05) is 12.4 Å². The molecule has 1 rings (SSSR count). The second-order valence-electron chi connectivity index (χ2n) is 4.10. The molecule has 0 aromatic carbocycles. The molecule has 3 N–H and O–H groups in total. The molecule has 1 heterocycles. The van der Waals surface area contributed by atoms with Crippen molar-refractivity contribution >= 4 is 11.7 Å². The Morgan fingerprint density at radius 3 is 2.82 bits per heavy atom. The van der Waals surface area contributed by atoms with Gasteiger partial charge in [0.2, 0.25) is 11.8 Å². The van der Waals surface area contributed by atoms with Gasteiger partial charge in [-0.2, -0.15) is 5.10 Å². The zero-order valence-corrected chi connectivity index (χ0v) is 10.7. The second-order valence-corrected chi connectivity index (χ2v) is 4.10. The minimum absolute atomic E-state index is 0.139. The van der Waals surface area contributed by atoms with Crippen molar-refractivity contribution in [3.8, 4) is 5.88 Å². The Bertz CT molecular complexity index is 389. The van der Waals surface area contributed by atoms with Gasteiger partial charge in [-0.05, 0) is 5.92 Å². The van der Waals surface area contributed by atoms with Gasteiger partial charge in [0.15, 0.2) is 5.82 Å². The van der Waals surface area contributed by atoms with Crippen LogP contribution in [0.4, 0.5) is 5.82 Å². The summed E-state index contributed by atoms with van der Waals surface area (Å²) in [6.45, 7) is 3.95. The first kappa shape index (κ1) is 13.5. The maximum Gasteiger partial charge on any atom is 0.242 e. The highest BCUT2D eigenvalue weighted by atomic mass is 16.5. The van der Waals surface area contributed by atoms with Gasteiger partial charge < -0.3 is 15.8 Å². The summed E-state index contributed by atoms with van der Waals surface area (Å²) >= 11 is 0. The minimum atomic E-state index is -0.520. The van der Waals surface area contributed by atoms with Crippen LogP contribution >= 0.6 is 0 Å². The molecule has 96 valence electrons. The maximum atomic E-state index is 11.8. The maximum absolute atomic E-state index is 11.8. The molecule has 0 saturated carbocycles. The average molecular weight is 240 g/mol. The number of nitrogens with one attached hydrogen (secondary N) is 1. The first-order valence-corrected chi connectivity index (χ1v) is 5.64. The van der Waals surface area contributed by atoms with Crippen molar-refractivity contribution in [1.29, 1.82) is 0 Å². The third-order valence-electron chi connectivity index (χ3n) is 2.86. The Morgan fingerprint density at radius 1 is 1.71 bits per heavy atom. The van der Waals surface area contributed by atoms with E-state index in [1.54, 1.807) is 24.9 Å². The average Bonchev–Trinajstić information content (AvgIpc) is 2.67. The Labute approximate surface area is 101 Å². The lowest BCUT2D eigenvalue weighted by Gasteiger charge is -2.16. The summed E-state index contributed by atoms with van der Waals surface area (Å²) in [5.41, 5.74) is 5.82. The highest BCUT2D eigenvalue weighted by Crippen LogP contribution is 2.16. The number of aryl methyl sites for hydroxylation is 1. The third kappa shape index (κ3) is 3.20. The molecule has 0 aliphatic carbocycles. The molecule has 6 nitrogen and oxygen atoms in total. The first-order chi connectivity index (χ1) is 7.99. The molecule has 6 heteroatoms. The number of hydrogen-bond acceptors (Lipinski definition) is 4. The van der Waals surface area contributed by atoms with Gasteiger partial charge in [0.1, 0.15) is 0 Å². The molecular weight excluding hydrogens is 220 g/mol. The molecule has 0 bridgehead atoms. The SMILES string of the molecule is CC[C@H](C)[C@H](N)C(=O)Nc1cc(OC)n(C)n1. The summed E-state index contributed by atoms with van der Waals surface area (Å²) in [6.07, 6.45) is 0.861. The molecule has 1 aromatic rings. The molecule has 17 heavy (non-hydrogen) atoms. The summed E-state index contributed by atoms with van der Waals surface area (Å²) in [5.74, 6) is 0.950. The number of rotatable bonds is 5. The number of amides is 1. The molecule has 0 unspecified atom stereocenters. The lowest BCUT2D eigenvalue weighted by Crippen LogP contribution is -2.40. The fourth-order valence-corrected chi connectivity index (χ4v) is 1.42. The highest BCUT2D eigenvalue weighted by molar-refractivity contribution is 5.94. The van der Waals surface area contributed by atoms with Gasteiger partial charge in [-0.3, -0.25) is 4.79 Å². The smallest absolute Gasteiger partial charge is 0.242 e. The lowest BCUT2D eigenvalue weighted by atomic mass is 9.99. The van der Waals surface area contributed by atoms with Crippen molar-refractivity contribution in [3.05, 3.63) is 6.07 Å². The topological polar surface area (TPSA) is 82.2 Å². The van der Waals surface area contributed by atoms with Crippen LogP contribution in [-0.2, 0) is 11.8 Å². The predicted octanol–water partition coefficient (Wildman–Crippen LogP) is 0.741. The van der Waals surface area contributed by atoms with Gasteiger partial charge >= 0.3 is 0 Å². The molecule has 0 aliphatic heterocycles. The number of methoxy groups -OCH3 is 1. The van der Waals surface area contributed by atoms with Gasteiger partial charge in [-0.1, -0.05) is 20.3 Å². The summed E-state index contributed by atoms with van der Waals surface area (Å²) in [5, 5.41) is 6.77. The minimum Gasteiger partial charge on any atom is -0.481 e. The van der Waals surface area contributed by atoms with E-state index >= 15 is 0 Å². The van der Waals surface area contributed by atoms with Crippen LogP contribution in [0.5, 0.6) is 5.88 Å². The number of carbonyl (C=O) groups excluding carboxylic acids is 1. The van der Waals surface area contributed by atoms with Crippen LogP contribution in [0.15, 0.2) is 6.07 Å². The molecule has 2 atom stereocenters. The molecule has 1 amide bonds. The van der Waals surface area contributed by atoms with E-state index in [1.807, 2.05) is 13.8 Å². The van der Waals surface area contributed by atoms with Gasteiger partial charge in [-0.25, -0.2) is 4.68 Å². The monoisotopic (exact) mass is 240 g/mol. The molecular formula is C11H20N4O2. The summed E-state index contributed by atoms with van der Waals surface area (Å²) < 4.78 is 6.60. The number of aromatic nitrogens is 2. The zero-order valence-electron chi connectivity index (χ0n) is 10.7. The molecule has 0 radical (unpaired) electrons. The van der Waals surface area contributed by atoms with Crippen molar-refractivity contribution in [2.45, 2.75) is 26.3 Å². The summed E-state index contributed by atoms with van der Waals surface area (Å²) in [6, 6.07) is 1.13. The van der Waals surface area contributed by atoms with Gasteiger partial charge in [0, 0.05) is 13.1 Å². The Hall–Kier alpha value is -1.56. The van der Waals surface area contributed by atoms with Crippen LogP contribution < -0.4 is 15.8 Å². The van der Waals surface area contributed by atoms with Crippen LogP contribution in [0.1, 0.15) is 20.3 Å². The third-order valence-corrected chi connectivity index (χ3v) is 2.86. The van der Waals surface area contributed by atoms with E-state index in [9.17, 15) is 4.79 Å². The fourth-order valence-electron chi connectivity index (χ4n) is 1.42. The molecule has 1 aromatic heterocycles. The van der Waals surface area contributed by atoms with E-state index in [-0.39, 0.29) is 11.8 Å². The zero-order chi connectivity index (χ0) is 13.0. The summed E-state index contributed by atoms with van der Waals surface area (Å²) in [4.78, 5) is 11.8. The number of nitrogens with two attached hydrogens (primary N) is 1. The van der Waals surface area contributed by atoms with Crippen LogP contribution in [0.2, 0.25) is 0 Å². The van der Waals surface area contributed by atoms with Crippen molar-refractivity contribution in [2.24, 2.45) is 18.7 Å². The van der Waals surface area contributed by atoms with Crippen molar-refractivity contribution in [3.63, 3.8) is 0 Å². The number of ether oxygens (including phenoxy) is 1. The summed E-state index contributed by atoms with van der Waals surface area (Å²) in [7, 11) is 3.29. The normalized spacial score (nSPS) is 14.2. The van der Waals surface area contributed by atoms with Crippen LogP contribution in [0, 0.1) is 5.92 Å². The lowest BCUT2D eigenvalue weighted by molar-refractivity contribution is -0.118. The fraction of sp³-hybridized carbons (Fsp3) is 0.636.